The Morgan fingerprint density at radius 2 is 0.943 bits per heavy atom. The first-order chi connectivity index (χ1) is 26.2. The van der Waals surface area contributed by atoms with Crippen LogP contribution in [0.25, 0.3) is 120 Å². The molecule has 0 amide bonds. The largest absolute Gasteiger partial charge is 0.208 e. The summed E-state index contributed by atoms with van der Waals surface area (Å²) in [5.41, 5.74) is 8.05. The van der Waals surface area contributed by atoms with Gasteiger partial charge in [0, 0.05) is 42.4 Å². The first-order valence-electron chi connectivity index (χ1n) is 17.9. The number of thiophene rings is 1. The Morgan fingerprint density at radius 1 is 0.340 bits per heavy atom. The van der Waals surface area contributed by atoms with Crippen molar-refractivity contribution in [1.29, 1.82) is 0 Å². The standard InChI is InChI=1S/C49H27N3S/c1-2-11-32-25-33(23-19-28(32)9-1)47-50-48(34-24-22-30-21-20-29-10-3-4-14-35(29)39(30)26-34)52-49(51-47)41-27-40-36-16-7-12-31-13-8-17-38(43(31)36)45(40)46-44(41)37-15-5-6-18-42(37)53-46/h1-27H. The SMILES string of the molecule is c1ccc2cc(-c3nc(-c4ccc5ccc6ccccc6c5c4)nc(-c4cc5c(c6sc7ccccc7c46)-c4cccc6cccc-5c46)n3)ccc2c1. The summed E-state index contributed by atoms with van der Waals surface area (Å²) in [6, 6.07) is 58.9. The maximum absolute atomic E-state index is 5.39. The maximum Gasteiger partial charge on any atom is 0.164 e. The van der Waals surface area contributed by atoms with Crippen molar-refractivity contribution in [2.24, 2.45) is 0 Å². The van der Waals surface area contributed by atoms with E-state index in [1.807, 2.05) is 11.3 Å². The molecule has 4 heteroatoms. The molecule has 0 atom stereocenters. The molecule has 0 unspecified atom stereocenters. The highest BCUT2D eigenvalue weighted by atomic mass is 32.1. The van der Waals surface area contributed by atoms with E-state index in [2.05, 4.69) is 164 Å². The third-order valence-electron chi connectivity index (χ3n) is 11.0. The molecule has 0 saturated carbocycles. The molecule has 0 saturated heterocycles. The normalized spacial score (nSPS) is 12.2. The number of aromatic nitrogens is 3. The van der Waals surface area contributed by atoms with Gasteiger partial charge in [-0.05, 0) is 84.0 Å². The predicted molar refractivity (Wildman–Crippen MR) is 223 cm³/mol. The zero-order chi connectivity index (χ0) is 34.6. The molecule has 0 radical (unpaired) electrons. The molecule has 244 valence electrons. The molecule has 0 bridgehead atoms. The van der Waals surface area contributed by atoms with Crippen molar-refractivity contribution < 1.29 is 0 Å². The molecule has 0 spiro atoms. The van der Waals surface area contributed by atoms with Gasteiger partial charge in [-0.2, -0.15) is 0 Å². The van der Waals surface area contributed by atoms with Crippen LogP contribution in [0, 0.1) is 0 Å². The van der Waals surface area contributed by atoms with E-state index in [-0.39, 0.29) is 0 Å². The highest BCUT2D eigenvalue weighted by Crippen LogP contribution is 2.55. The lowest BCUT2D eigenvalue weighted by Gasteiger charge is -2.13. The zero-order valence-corrected chi connectivity index (χ0v) is 29.2. The molecule has 12 rings (SSSR count). The van der Waals surface area contributed by atoms with E-state index in [1.165, 1.54) is 80.1 Å². The van der Waals surface area contributed by atoms with Gasteiger partial charge in [0.05, 0.1) is 0 Å². The van der Waals surface area contributed by atoms with Crippen LogP contribution in [0.1, 0.15) is 0 Å². The van der Waals surface area contributed by atoms with E-state index < -0.39 is 0 Å². The van der Waals surface area contributed by atoms with Crippen LogP contribution in [0.3, 0.4) is 0 Å². The Morgan fingerprint density at radius 3 is 1.77 bits per heavy atom. The maximum atomic E-state index is 5.39. The zero-order valence-electron chi connectivity index (χ0n) is 28.3. The first-order valence-corrected chi connectivity index (χ1v) is 18.8. The molecule has 0 fully saturated rings. The lowest BCUT2D eigenvalue weighted by Crippen LogP contribution is -2.01. The topological polar surface area (TPSA) is 38.7 Å². The number of hydrogen-bond donors (Lipinski definition) is 0. The fourth-order valence-electron chi connectivity index (χ4n) is 8.55. The van der Waals surface area contributed by atoms with Crippen LogP contribution in [-0.2, 0) is 0 Å². The molecule has 9 aromatic carbocycles. The van der Waals surface area contributed by atoms with E-state index >= 15 is 0 Å². The van der Waals surface area contributed by atoms with Crippen molar-refractivity contribution in [3.05, 3.63) is 164 Å². The van der Waals surface area contributed by atoms with Gasteiger partial charge < -0.3 is 0 Å². The van der Waals surface area contributed by atoms with Crippen molar-refractivity contribution in [1.82, 2.24) is 15.0 Å². The molecule has 0 aliphatic heterocycles. The minimum absolute atomic E-state index is 0.659. The van der Waals surface area contributed by atoms with Crippen LogP contribution < -0.4 is 0 Å². The van der Waals surface area contributed by atoms with E-state index in [0.717, 1.165) is 22.1 Å². The van der Waals surface area contributed by atoms with Crippen LogP contribution in [0.15, 0.2) is 164 Å². The lowest BCUT2D eigenvalue weighted by atomic mass is 9.95. The molecule has 11 aromatic rings. The van der Waals surface area contributed by atoms with Crippen molar-refractivity contribution in [2.45, 2.75) is 0 Å². The quantitative estimate of drug-likeness (QED) is 0.173. The van der Waals surface area contributed by atoms with Gasteiger partial charge in [-0.3, -0.25) is 0 Å². The molecule has 1 aliphatic carbocycles. The summed E-state index contributed by atoms with van der Waals surface area (Å²) in [7, 11) is 0. The first kappa shape index (κ1) is 28.9. The van der Waals surface area contributed by atoms with E-state index in [9.17, 15) is 0 Å². The van der Waals surface area contributed by atoms with Crippen LogP contribution in [0.2, 0.25) is 0 Å². The van der Waals surface area contributed by atoms with Gasteiger partial charge in [-0.15, -0.1) is 11.3 Å². The van der Waals surface area contributed by atoms with Gasteiger partial charge >= 0.3 is 0 Å². The summed E-state index contributed by atoms with van der Waals surface area (Å²) in [6.45, 7) is 0. The predicted octanol–water partition coefficient (Wildman–Crippen LogP) is 13.5. The highest BCUT2D eigenvalue weighted by molar-refractivity contribution is 7.26. The van der Waals surface area contributed by atoms with Crippen molar-refractivity contribution in [2.75, 3.05) is 0 Å². The minimum Gasteiger partial charge on any atom is -0.208 e. The Hall–Kier alpha value is -6.75. The summed E-state index contributed by atoms with van der Waals surface area (Å²) in [5.74, 6) is 1.99. The number of rotatable bonds is 3. The lowest BCUT2D eigenvalue weighted by molar-refractivity contribution is 1.08. The van der Waals surface area contributed by atoms with Crippen LogP contribution in [-0.4, -0.2) is 15.0 Å². The van der Waals surface area contributed by atoms with Gasteiger partial charge in [-0.25, -0.2) is 15.0 Å². The molecular formula is C49H27N3S. The van der Waals surface area contributed by atoms with Crippen LogP contribution in [0.5, 0.6) is 0 Å². The molecule has 3 nitrogen and oxygen atoms in total. The third kappa shape index (κ3) is 4.24. The van der Waals surface area contributed by atoms with E-state index in [1.54, 1.807) is 0 Å². The van der Waals surface area contributed by atoms with E-state index in [4.69, 9.17) is 15.0 Å². The average Bonchev–Trinajstić information content (AvgIpc) is 3.77. The highest BCUT2D eigenvalue weighted by Gasteiger charge is 2.28. The minimum atomic E-state index is 0.659. The summed E-state index contributed by atoms with van der Waals surface area (Å²) < 4.78 is 2.53. The molecule has 53 heavy (non-hydrogen) atoms. The molecular weight excluding hydrogens is 663 g/mol. The van der Waals surface area contributed by atoms with Gasteiger partial charge in [0.2, 0.25) is 0 Å². The van der Waals surface area contributed by atoms with Crippen molar-refractivity contribution in [3.63, 3.8) is 0 Å². The van der Waals surface area contributed by atoms with Crippen LogP contribution in [0.4, 0.5) is 0 Å². The summed E-state index contributed by atoms with van der Waals surface area (Å²) in [6.07, 6.45) is 0. The fourth-order valence-corrected chi connectivity index (χ4v) is 9.84. The third-order valence-corrected chi connectivity index (χ3v) is 12.2. The Labute approximate surface area is 308 Å². The summed E-state index contributed by atoms with van der Waals surface area (Å²) in [4.78, 5) is 16.0. The monoisotopic (exact) mass is 689 g/mol. The second-order valence-corrected chi connectivity index (χ2v) is 15.0. The van der Waals surface area contributed by atoms with Gasteiger partial charge in [0.15, 0.2) is 17.5 Å². The van der Waals surface area contributed by atoms with Crippen LogP contribution >= 0.6 is 11.3 Å². The van der Waals surface area contributed by atoms with Crippen molar-refractivity contribution >= 4 is 74.6 Å². The Kier molecular flexibility index (Phi) is 5.93. The van der Waals surface area contributed by atoms with Gasteiger partial charge in [-0.1, -0.05) is 140 Å². The summed E-state index contributed by atoms with van der Waals surface area (Å²) in [5, 5.41) is 12.1. The molecule has 1 aliphatic rings. The van der Waals surface area contributed by atoms with Gasteiger partial charge in [0.1, 0.15) is 0 Å². The smallest absolute Gasteiger partial charge is 0.164 e. The number of hydrogen-bond acceptors (Lipinski definition) is 4. The number of fused-ring (bicyclic) bond motifs is 11. The summed E-state index contributed by atoms with van der Waals surface area (Å²) >= 11 is 1.86. The van der Waals surface area contributed by atoms with Crippen molar-refractivity contribution in [3.8, 4) is 56.4 Å². The van der Waals surface area contributed by atoms with E-state index in [0.29, 0.717) is 17.5 Å². The molecule has 2 heterocycles. The molecule has 0 N–H and O–H groups in total. The van der Waals surface area contributed by atoms with Gasteiger partial charge in [0.25, 0.3) is 0 Å². The number of nitrogens with zero attached hydrogens (tertiary/aromatic N) is 3. The molecule has 2 aromatic heterocycles. The number of benzene rings is 9. The Bertz CT molecular complexity index is 3350. The second-order valence-electron chi connectivity index (χ2n) is 13.9. The fraction of sp³-hybridized carbons (Fsp3) is 0. The second kappa shape index (κ2) is 10.9. The Balaban J connectivity index is 1.18. The average molecular weight is 690 g/mol.